The maximum Gasteiger partial charge on any atom is 0.224 e. The Labute approximate surface area is 134 Å². The summed E-state index contributed by atoms with van der Waals surface area (Å²) in [6.45, 7) is 9.49. The number of hydrogen-bond acceptors (Lipinski definition) is 3. The molecule has 0 spiro atoms. The minimum absolute atomic E-state index is 0.0614. The highest BCUT2D eigenvalue weighted by atomic mass is 16.1. The first kappa shape index (κ1) is 17.0. The second-order valence-electron chi connectivity index (χ2n) is 6.90. The summed E-state index contributed by atoms with van der Waals surface area (Å²) < 4.78 is 0. The predicted octanol–water partition coefficient (Wildman–Crippen LogP) is 3.11. The van der Waals surface area contributed by atoms with Gasteiger partial charge < -0.3 is 11.1 Å². The second kappa shape index (κ2) is 7.75. The van der Waals surface area contributed by atoms with Gasteiger partial charge in [0.25, 0.3) is 0 Å². The van der Waals surface area contributed by atoms with Crippen LogP contribution in [0.15, 0.2) is 18.2 Å². The molecule has 4 nitrogen and oxygen atoms in total. The summed E-state index contributed by atoms with van der Waals surface area (Å²) in [4.78, 5) is 14.5. The Morgan fingerprint density at radius 2 is 2.05 bits per heavy atom. The molecule has 0 aromatic heterocycles. The van der Waals surface area contributed by atoms with Crippen LogP contribution in [0.3, 0.4) is 0 Å². The first-order chi connectivity index (χ1) is 10.5. The van der Waals surface area contributed by atoms with Crippen LogP contribution in [0.2, 0.25) is 0 Å². The van der Waals surface area contributed by atoms with Gasteiger partial charge >= 0.3 is 0 Å². The molecule has 0 bridgehead atoms. The molecule has 0 saturated heterocycles. The summed E-state index contributed by atoms with van der Waals surface area (Å²) in [7, 11) is 0. The minimum Gasteiger partial charge on any atom is -0.328 e. The second-order valence-corrected chi connectivity index (χ2v) is 6.90. The van der Waals surface area contributed by atoms with Crippen LogP contribution in [-0.4, -0.2) is 23.4 Å². The highest BCUT2D eigenvalue weighted by Crippen LogP contribution is 2.29. The molecular weight excluding hydrogens is 274 g/mol. The summed E-state index contributed by atoms with van der Waals surface area (Å²) in [5, 5.41) is 3.06. The summed E-state index contributed by atoms with van der Waals surface area (Å²) in [6.07, 6.45) is 2.42. The first-order valence-corrected chi connectivity index (χ1v) is 8.34. The zero-order valence-electron chi connectivity index (χ0n) is 14.1. The molecule has 122 valence electrons. The smallest absolute Gasteiger partial charge is 0.224 e. The monoisotopic (exact) mass is 303 g/mol. The average molecular weight is 303 g/mol. The summed E-state index contributed by atoms with van der Waals surface area (Å²) in [5.74, 6) is 0.785. The van der Waals surface area contributed by atoms with Crippen LogP contribution in [0.25, 0.3) is 0 Å². The van der Waals surface area contributed by atoms with E-state index in [-0.39, 0.29) is 11.9 Å². The fraction of sp³-hybridized carbons (Fsp3) is 0.611. The van der Waals surface area contributed by atoms with Gasteiger partial charge in [-0.1, -0.05) is 26.0 Å². The molecule has 1 aromatic carbocycles. The van der Waals surface area contributed by atoms with Gasteiger partial charge in [0.15, 0.2) is 0 Å². The van der Waals surface area contributed by atoms with E-state index in [0.717, 1.165) is 37.7 Å². The normalized spacial score (nSPS) is 15.9. The van der Waals surface area contributed by atoms with E-state index in [1.165, 1.54) is 17.5 Å². The lowest BCUT2D eigenvalue weighted by atomic mass is 10.1. The van der Waals surface area contributed by atoms with Crippen molar-refractivity contribution in [3.8, 4) is 0 Å². The Bertz CT molecular complexity index is 511. The van der Waals surface area contributed by atoms with E-state index < -0.39 is 0 Å². The number of anilines is 1. The van der Waals surface area contributed by atoms with Crippen molar-refractivity contribution in [2.45, 2.75) is 59.2 Å². The van der Waals surface area contributed by atoms with Crippen LogP contribution in [0.5, 0.6) is 0 Å². The Morgan fingerprint density at radius 3 is 2.73 bits per heavy atom. The molecule has 1 heterocycles. The largest absolute Gasteiger partial charge is 0.328 e. The van der Waals surface area contributed by atoms with E-state index in [0.29, 0.717) is 6.42 Å². The lowest BCUT2D eigenvalue weighted by Gasteiger charge is -2.16. The Morgan fingerprint density at radius 1 is 1.27 bits per heavy atom. The van der Waals surface area contributed by atoms with E-state index in [4.69, 9.17) is 5.73 Å². The van der Waals surface area contributed by atoms with Crippen LogP contribution in [-0.2, 0) is 17.9 Å². The SMILES string of the molecule is CC(C)CCN1Cc2cccc(NC(=O)CCC(C)N)c2C1. The van der Waals surface area contributed by atoms with Gasteiger partial charge in [-0.25, -0.2) is 0 Å². The summed E-state index contributed by atoms with van der Waals surface area (Å²) >= 11 is 0. The van der Waals surface area contributed by atoms with E-state index >= 15 is 0 Å². The molecule has 1 aliphatic rings. The number of rotatable bonds is 7. The van der Waals surface area contributed by atoms with Crippen LogP contribution < -0.4 is 11.1 Å². The molecule has 22 heavy (non-hydrogen) atoms. The molecule has 0 radical (unpaired) electrons. The number of nitrogens with one attached hydrogen (secondary N) is 1. The van der Waals surface area contributed by atoms with E-state index in [2.05, 4.69) is 30.1 Å². The fourth-order valence-corrected chi connectivity index (χ4v) is 2.78. The lowest BCUT2D eigenvalue weighted by molar-refractivity contribution is -0.116. The maximum atomic E-state index is 12.0. The van der Waals surface area contributed by atoms with Crippen LogP contribution >= 0.6 is 0 Å². The van der Waals surface area contributed by atoms with E-state index in [1.807, 2.05) is 19.1 Å². The molecule has 1 unspecified atom stereocenters. The van der Waals surface area contributed by atoms with Crippen molar-refractivity contribution in [1.29, 1.82) is 0 Å². The predicted molar refractivity (Wildman–Crippen MR) is 91.5 cm³/mol. The number of nitrogens with two attached hydrogens (primary N) is 1. The number of amides is 1. The zero-order valence-corrected chi connectivity index (χ0v) is 14.1. The Hall–Kier alpha value is -1.39. The first-order valence-electron chi connectivity index (χ1n) is 8.34. The third-order valence-electron chi connectivity index (χ3n) is 4.17. The highest BCUT2D eigenvalue weighted by Gasteiger charge is 2.22. The van der Waals surface area contributed by atoms with Crippen LogP contribution in [0.1, 0.15) is 51.2 Å². The molecule has 1 atom stereocenters. The van der Waals surface area contributed by atoms with Crippen molar-refractivity contribution in [2.24, 2.45) is 11.7 Å². The molecular formula is C18H29N3O. The standard InChI is InChI=1S/C18H29N3O/c1-13(2)9-10-21-11-15-5-4-6-17(16(15)12-21)20-18(22)8-7-14(3)19/h4-6,13-14H,7-12,19H2,1-3H3,(H,20,22). The van der Waals surface area contributed by atoms with E-state index in [1.54, 1.807) is 0 Å². The van der Waals surface area contributed by atoms with Crippen molar-refractivity contribution in [2.75, 3.05) is 11.9 Å². The number of hydrogen-bond donors (Lipinski definition) is 2. The highest BCUT2D eigenvalue weighted by molar-refractivity contribution is 5.91. The molecule has 1 amide bonds. The quantitative estimate of drug-likeness (QED) is 0.813. The molecule has 1 aromatic rings. The summed E-state index contributed by atoms with van der Waals surface area (Å²) in [6, 6.07) is 6.28. The molecule has 2 rings (SSSR count). The number of benzene rings is 1. The molecule has 4 heteroatoms. The topological polar surface area (TPSA) is 58.4 Å². The lowest BCUT2D eigenvalue weighted by Crippen LogP contribution is -2.20. The number of nitrogens with zero attached hydrogens (tertiary/aromatic N) is 1. The van der Waals surface area contributed by atoms with Crippen LogP contribution in [0.4, 0.5) is 5.69 Å². The fourth-order valence-electron chi connectivity index (χ4n) is 2.78. The van der Waals surface area contributed by atoms with Gasteiger partial charge in [0.2, 0.25) is 5.91 Å². The number of fused-ring (bicyclic) bond motifs is 1. The van der Waals surface area contributed by atoms with Gasteiger partial charge in [-0.3, -0.25) is 9.69 Å². The molecule has 0 aliphatic carbocycles. The van der Waals surface area contributed by atoms with Gasteiger partial charge in [-0.2, -0.15) is 0 Å². The number of carbonyl (C=O) groups is 1. The molecule has 0 saturated carbocycles. The van der Waals surface area contributed by atoms with Crippen molar-refractivity contribution < 1.29 is 4.79 Å². The molecule has 0 fully saturated rings. The van der Waals surface area contributed by atoms with Crippen molar-refractivity contribution in [3.05, 3.63) is 29.3 Å². The van der Waals surface area contributed by atoms with Gasteiger partial charge in [-0.15, -0.1) is 0 Å². The zero-order chi connectivity index (χ0) is 16.1. The number of carbonyl (C=O) groups excluding carboxylic acids is 1. The molecule has 1 aliphatic heterocycles. The third-order valence-corrected chi connectivity index (χ3v) is 4.17. The van der Waals surface area contributed by atoms with Crippen LogP contribution in [0, 0.1) is 5.92 Å². The van der Waals surface area contributed by atoms with Gasteiger partial charge in [0.05, 0.1) is 0 Å². The van der Waals surface area contributed by atoms with E-state index in [9.17, 15) is 4.79 Å². The van der Waals surface area contributed by atoms with Gasteiger partial charge in [0, 0.05) is 31.2 Å². The van der Waals surface area contributed by atoms with Crippen molar-refractivity contribution >= 4 is 11.6 Å². The minimum atomic E-state index is 0.0614. The van der Waals surface area contributed by atoms with Gasteiger partial charge in [0.1, 0.15) is 0 Å². The third kappa shape index (κ3) is 4.82. The summed E-state index contributed by atoms with van der Waals surface area (Å²) in [5.41, 5.74) is 9.30. The molecule has 3 N–H and O–H groups in total. The van der Waals surface area contributed by atoms with Crippen molar-refractivity contribution in [3.63, 3.8) is 0 Å². The Kier molecular flexibility index (Phi) is 5.98. The van der Waals surface area contributed by atoms with Crippen molar-refractivity contribution in [1.82, 2.24) is 4.90 Å². The maximum absolute atomic E-state index is 12.0. The Balaban J connectivity index is 1.96. The average Bonchev–Trinajstić information content (AvgIpc) is 2.87. The van der Waals surface area contributed by atoms with Gasteiger partial charge in [-0.05, 0) is 49.4 Å².